The van der Waals surface area contributed by atoms with Crippen LogP contribution in [0.25, 0.3) is 0 Å². The second kappa shape index (κ2) is 3.90. The highest BCUT2D eigenvalue weighted by molar-refractivity contribution is 9.10. The predicted molar refractivity (Wildman–Crippen MR) is 59.7 cm³/mol. The van der Waals surface area contributed by atoms with Crippen LogP contribution in [0.2, 0.25) is 0 Å². The number of hydrogen-bond acceptors (Lipinski definition) is 3. The molecule has 1 N–H and O–H groups in total. The number of pyridine rings is 1. The molecule has 0 aromatic carbocycles. The van der Waals surface area contributed by atoms with Gasteiger partial charge in [0.2, 0.25) is 5.91 Å². The van der Waals surface area contributed by atoms with Crippen molar-refractivity contribution in [1.82, 2.24) is 4.98 Å². The zero-order chi connectivity index (χ0) is 11.0. The molecule has 1 aliphatic rings. The standard InChI is InChI=1S/C10H11BrN2O2/c1-6-9(11)2-7(4-12-6)13-5-8(14)3-10(13)15/h2,4,8,14H,3,5H2,1H3. The Labute approximate surface area is 96.1 Å². The van der Waals surface area contributed by atoms with Gasteiger partial charge in [0.15, 0.2) is 0 Å². The van der Waals surface area contributed by atoms with E-state index in [1.165, 1.54) is 0 Å². The summed E-state index contributed by atoms with van der Waals surface area (Å²) < 4.78 is 0.870. The lowest BCUT2D eigenvalue weighted by Crippen LogP contribution is -2.25. The van der Waals surface area contributed by atoms with E-state index in [1.54, 1.807) is 11.1 Å². The Morgan fingerprint density at radius 2 is 2.40 bits per heavy atom. The number of aromatic nitrogens is 1. The summed E-state index contributed by atoms with van der Waals surface area (Å²) in [6.45, 7) is 2.24. The summed E-state index contributed by atoms with van der Waals surface area (Å²) in [6.07, 6.45) is 1.29. The van der Waals surface area contributed by atoms with Gasteiger partial charge in [-0.15, -0.1) is 0 Å². The van der Waals surface area contributed by atoms with E-state index in [2.05, 4.69) is 20.9 Å². The molecule has 15 heavy (non-hydrogen) atoms. The monoisotopic (exact) mass is 270 g/mol. The first-order chi connectivity index (χ1) is 7.08. The quantitative estimate of drug-likeness (QED) is 0.836. The van der Waals surface area contributed by atoms with E-state index in [9.17, 15) is 9.90 Å². The lowest BCUT2D eigenvalue weighted by Gasteiger charge is -2.15. The molecule has 4 nitrogen and oxygen atoms in total. The Hall–Kier alpha value is -0.940. The van der Waals surface area contributed by atoms with E-state index in [4.69, 9.17) is 0 Å². The third-order valence-corrected chi connectivity index (χ3v) is 3.23. The third-order valence-electron chi connectivity index (χ3n) is 2.43. The van der Waals surface area contributed by atoms with Crippen molar-refractivity contribution in [2.24, 2.45) is 0 Å². The van der Waals surface area contributed by atoms with Crippen LogP contribution in [0, 0.1) is 6.92 Å². The van der Waals surface area contributed by atoms with Gasteiger partial charge in [0.25, 0.3) is 0 Å². The number of amides is 1. The molecule has 1 amide bonds. The first kappa shape index (κ1) is 10.6. The number of β-amino-alcohol motifs (C(OH)–C–C–N with tert-alkyl or cyclic N) is 1. The third kappa shape index (κ3) is 2.03. The van der Waals surface area contributed by atoms with Gasteiger partial charge in [0.1, 0.15) is 0 Å². The van der Waals surface area contributed by atoms with Crippen molar-refractivity contribution in [3.05, 3.63) is 22.4 Å². The predicted octanol–water partition coefficient (Wildman–Crippen LogP) is 1.25. The number of aliphatic hydroxyl groups is 1. The molecule has 80 valence electrons. The fraction of sp³-hybridized carbons (Fsp3) is 0.400. The van der Waals surface area contributed by atoms with Crippen LogP contribution in [0.5, 0.6) is 0 Å². The van der Waals surface area contributed by atoms with Crippen LogP contribution in [-0.2, 0) is 4.79 Å². The highest BCUT2D eigenvalue weighted by Gasteiger charge is 2.29. The molecule has 1 aromatic heterocycles. The smallest absolute Gasteiger partial charge is 0.229 e. The lowest BCUT2D eigenvalue weighted by atomic mass is 10.3. The van der Waals surface area contributed by atoms with E-state index in [0.29, 0.717) is 6.54 Å². The van der Waals surface area contributed by atoms with Crippen molar-refractivity contribution < 1.29 is 9.90 Å². The molecule has 0 spiro atoms. The zero-order valence-electron chi connectivity index (χ0n) is 8.27. The summed E-state index contributed by atoms with van der Waals surface area (Å²) in [5, 5.41) is 9.36. The summed E-state index contributed by atoms with van der Waals surface area (Å²) in [5.74, 6) is -0.0555. The van der Waals surface area contributed by atoms with E-state index < -0.39 is 6.10 Å². The Bertz CT molecular complexity index is 408. The Morgan fingerprint density at radius 3 is 2.93 bits per heavy atom. The minimum atomic E-state index is -0.558. The minimum Gasteiger partial charge on any atom is -0.391 e. The number of carbonyl (C=O) groups excluding carboxylic acids is 1. The topological polar surface area (TPSA) is 53.4 Å². The van der Waals surface area contributed by atoms with E-state index in [-0.39, 0.29) is 12.3 Å². The molecule has 5 heteroatoms. The number of carbonyl (C=O) groups is 1. The Morgan fingerprint density at radius 1 is 1.67 bits per heavy atom. The van der Waals surface area contributed by atoms with Crippen molar-refractivity contribution in [1.29, 1.82) is 0 Å². The van der Waals surface area contributed by atoms with E-state index in [0.717, 1.165) is 15.9 Å². The van der Waals surface area contributed by atoms with Gasteiger partial charge >= 0.3 is 0 Å². The van der Waals surface area contributed by atoms with Gasteiger partial charge in [-0.1, -0.05) is 0 Å². The van der Waals surface area contributed by atoms with E-state index >= 15 is 0 Å². The number of nitrogens with zero attached hydrogens (tertiary/aromatic N) is 2. The normalized spacial score (nSPS) is 21.1. The number of hydrogen-bond donors (Lipinski definition) is 1. The molecular formula is C10H11BrN2O2. The second-order valence-corrected chi connectivity index (χ2v) is 4.48. The molecule has 1 saturated heterocycles. The number of rotatable bonds is 1. The largest absolute Gasteiger partial charge is 0.391 e. The van der Waals surface area contributed by atoms with Crippen molar-refractivity contribution >= 4 is 27.5 Å². The maximum absolute atomic E-state index is 11.5. The molecule has 0 bridgehead atoms. The van der Waals surface area contributed by atoms with Crippen LogP contribution in [0.15, 0.2) is 16.7 Å². The SMILES string of the molecule is Cc1ncc(N2CC(O)CC2=O)cc1Br. The molecule has 1 unspecified atom stereocenters. The first-order valence-corrected chi connectivity index (χ1v) is 5.48. The number of aryl methyl sites for hydroxylation is 1. The molecule has 1 atom stereocenters. The maximum Gasteiger partial charge on any atom is 0.229 e. The molecule has 2 rings (SSSR count). The molecule has 0 radical (unpaired) electrons. The number of anilines is 1. The molecular weight excluding hydrogens is 260 g/mol. The highest BCUT2D eigenvalue weighted by atomic mass is 79.9. The maximum atomic E-state index is 11.5. The molecule has 2 heterocycles. The highest BCUT2D eigenvalue weighted by Crippen LogP contribution is 2.25. The fourth-order valence-electron chi connectivity index (χ4n) is 1.58. The fourth-order valence-corrected chi connectivity index (χ4v) is 1.92. The summed E-state index contributed by atoms with van der Waals surface area (Å²) >= 11 is 3.37. The van der Waals surface area contributed by atoms with Crippen molar-refractivity contribution in [2.75, 3.05) is 11.4 Å². The second-order valence-electron chi connectivity index (χ2n) is 3.62. The van der Waals surface area contributed by atoms with Crippen LogP contribution in [0.1, 0.15) is 12.1 Å². The van der Waals surface area contributed by atoms with Crippen molar-refractivity contribution in [3.63, 3.8) is 0 Å². The Kier molecular flexibility index (Phi) is 2.75. The van der Waals surface area contributed by atoms with Gasteiger partial charge in [-0.25, -0.2) is 0 Å². The molecule has 1 aliphatic heterocycles. The summed E-state index contributed by atoms with van der Waals surface area (Å²) in [6, 6.07) is 1.85. The average Bonchev–Trinajstić information content (AvgIpc) is 2.50. The van der Waals surface area contributed by atoms with Gasteiger partial charge < -0.3 is 10.0 Å². The van der Waals surface area contributed by atoms with Gasteiger partial charge in [-0.2, -0.15) is 0 Å². The molecule has 1 aromatic rings. The zero-order valence-corrected chi connectivity index (χ0v) is 9.86. The first-order valence-electron chi connectivity index (χ1n) is 4.68. The van der Waals surface area contributed by atoms with Crippen LogP contribution in [-0.4, -0.2) is 28.6 Å². The summed E-state index contributed by atoms with van der Waals surface area (Å²) in [7, 11) is 0. The van der Waals surface area contributed by atoms with E-state index in [1.807, 2.05) is 13.0 Å². The number of aliphatic hydroxyl groups excluding tert-OH is 1. The number of halogens is 1. The average molecular weight is 271 g/mol. The Balaban J connectivity index is 2.30. The van der Waals surface area contributed by atoms with Crippen LogP contribution < -0.4 is 4.90 Å². The lowest BCUT2D eigenvalue weighted by molar-refractivity contribution is -0.117. The summed E-state index contributed by atoms with van der Waals surface area (Å²) in [4.78, 5) is 17.2. The molecule has 1 fully saturated rings. The minimum absolute atomic E-state index is 0.0555. The summed E-state index contributed by atoms with van der Waals surface area (Å²) in [5.41, 5.74) is 1.61. The van der Waals surface area contributed by atoms with Gasteiger partial charge in [-0.3, -0.25) is 9.78 Å². The molecule has 0 aliphatic carbocycles. The van der Waals surface area contributed by atoms with Crippen LogP contribution in [0.3, 0.4) is 0 Å². The van der Waals surface area contributed by atoms with Gasteiger partial charge in [-0.05, 0) is 28.9 Å². The molecule has 0 saturated carbocycles. The van der Waals surface area contributed by atoms with Gasteiger partial charge in [0.05, 0.1) is 36.6 Å². The van der Waals surface area contributed by atoms with Crippen molar-refractivity contribution in [3.8, 4) is 0 Å². The van der Waals surface area contributed by atoms with Crippen LogP contribution in [0.4, 0.5) is 5.69 Å². The van der Waals surface area contributed by atoms with Crippen molar-refractivity contribution in [2.45, 2.75) is 19.4 Å². The van der Waals surface area contributed by atoms with Gasteiger partial charge in [0, 0.05) is 4.47 Å². The van der Waals surface area contributed by atoms with Crippen LogP contribution >= 0.6 is 15.9 Å².